The van der Waals surface area contributed by atoms with E-state index >= 15 is 0 Å². The molecule has 0 fully saturated rings. The van der Waals surface area contributed by atoms with Gasteiger partial charge in [0.2, 0.25) is 5.91 Å². The maximum absolute atomic E-state index is 12.5. The van der Waals surface area contributed by atoms with Gasteiger partial charge in [0.15, 0.2) is 0 Å². The lowest BCUT2D eigenvalue weighted by atomic mass is 10.0. The fourth-order valence-electron chi connectivity index (χ4n) is 7.76. The van der Waals surface area contributed by atoms with Gasteiger partial charge in [0.05, 0.1) is 31.3 Å². The minimum Gasteiger partial charge on any atom is -0.394 e. The van der Waals surface area contributed by atoms with Gasteiger partial charge < -0.3 is 20.6 Å². The highest BCUT2D eigenvalue weighted by Crippen LogP contribution is 2.16. The van der Waals surface area contributed by atoms with E-state index in [-0.39, 0.29) is 18.9 Å². The molecule has 5 nitrogen and oxygen atoms in total. The Morgan fingerprint density at radius 2 is 0.754 bits per heavy atom. The van der Waals surface area contributed by atoms with Crippen molar-refractivity contribution in [1.82, 2.24) is 5.32 Å². The number of carbonyl (C=O) groups excluding carboxylic acids is 1. The van der Waals surface area contributed by atoms with Crippen LogP contribution in [-0.4, -0.2) is 46.1 Å². The van der Waals surface area contributed by atoms with Crippen molar-refractivity contribution in [3.05, 3.63) is 36.5 Å². The zero-order valence-corrected chi connectivity index (χ0v) is 38.2. The van der Waals surface area contributed by atoms with Crippen molar-refractivity contribution in [2.24, 2.45) is 0 Å². The van der Waals surface area contributed by atoms with Crippen LogP contribution in [-0.2, 0) is 4.79 Å². The van der Waals surface area contributed by atoms with E-state index in [9.17, 15) is 20.1 Å². The molecule has 0 saturated carbocycles. The lowest BCUT2D eigenvalue weighted by Crippen LogP contribution is -2.45. The number of aliphatic hydroxyl groups excluding tert-OH is 3. The summed E-state index contributed by atoms with van der Waals surface area (Å²) in [6.07, 6.45) is 60.3. The van der Waals surface area contributed by atoms with Gasteiger partial charge in [-0.25, -0.2) is 0 Å². The quantitative estimate of drug-likeness (QED) is 0.0365. The fraction of sp³-hybridized carbons (Fsp3) is 0.865. The van der Waals surface area contributed by atoms with Crippen LogP contribution in [0.15, 0.2) is 36.5 Å². The first-order valence-corrected chi connectivity index (χ1v) is 25.3. The predicted octanol–water partition coefficient (Wildman–Crippen LogP) is 15.1. The Hall–Kier alpha value is -1.43. The van der Waals surface area contributed by atoms with Crippen LogP contribution in [0, 0.1) is 0 Å². The lowest BCUT2D eigenvalue weighted by molar-refractivity contribution is -0.124. The third kappa shape index (κ3) is 44.0. The molecule has 0 aliphatic rings. The molecule has 0 heterocycles. The van der Waals surface area contributed by atoms with Gasteiger partial charge in [0.1, 0.15) is 0 Å². The molecule has 0 aliphatic carbocycles. The van der Waals surface area contributed by atoms with Crippen LogP contribution in [0.1, 0.15) is 264 Å². The summed E-state index contributed by atoms with van der Waals surface area (Å²) in [6.45, 7) is 4.22. The first-order valence-electron chi connectivity index (χ1n) is 25.3. The molecule has 0 bridgehead atoms. The molecule has 0 aliphatic heterocycles. The van der Waals surface area contributed by atoms with Gasteiger partial charge in [-0.2, -0.15) is 0 Å². The molecule has 57 heavy (non-hydrogen) atoms. The van der Waals surface area contributed by atoms with Crippen molar-refractivity contribution in [1.29, 1.82) is 0 Å². The summed E-state index contributed by atoms with van der Waals surface area (Å²) in [5.74, 6) is -0.328. The molecule has 1 amide bonds. The predicted molar refractivity (Wildman–Crippen MR) is 250 cm³/mol. The van der Waals surface area contributed by atoms with Crippen molar-refractivity contribution in [3.8, 4) is 0 Å². The number of aliphatic hydroxyl groups is 3. The Labute approximate surface area is 355 Å². The van der Waals surface area contributed by atoms with Gasteiger partial charge in [-0.05, 0) is 57.8 Å². The maximum Gasteiger partial charge on any atom is 0.222 e. The van der Waals surface area contributed by atoms with E-state index in [1.807, 2.05) is 6.08 Å². The highest BCUT2D eigenvalue weighted by Gasteiger charge is 2.20. The zero-order valence-electron chi connectivity index (χ0n) is 38.2. The zero-order chi connectivity index (χ0) is 41.5. The average molecular weight is 802 g/mol. The number of nitrogens with one attached hydrogen (secondary N) is 1. The number of carbonyl (C=O) groups is 1. The largest absolute Gasteiger partial charge is 0.394 e. The fourth-order valence-corrected chi connectivity index (χ4v) is 7.76. The van der Waals surface area contributed by atoms with Gasteiger partial charge in [-0.15, -0.1) is 0 Å². The van der Waals surface area contributed by atoms with Crippen LogP contribution in [0.4, 0.5) is 0 Å². The lowest BCUT2D eigenvalue weighted by Gasteiger charge is -2.20. The second-order valence-electron chi connectivity index (χ2n) is 17.4. The van der Waals surface area contributed by atoms with Crippen LogP contribution in [0.5, 0.6) is 0 Å². The molecule has 0 aromatic carbocycles. The van der Waals surface area contributed by atoms with E-state index in [1.54, 1.807) is 6.08 Å². The van der Waals surface area contributed by atoms with Crippen LogP contribution in [0.25, 0.3) is 0 Å². The van der Waals surface area contributed by atoms with Crippen LogP contribution in [0.2, 0.25) is 0 Å². The van der Waals surface area contributed by atoms with E-state index in [1.165, 1.54) is 193 Å². The standard InChI is InChI=1S/C52H99NO4/c1-3-5-7-9-11-13-15-17-19-21-23-24-25-26-27-28-30-32-34-36-38-40-42-44-46-51(56)50(48-54)53-52(57)47-49(55)45-43-41-39-37-35-33-31-29-22-20-18-16-14-12-10-8-6-4-2/h29,31,36,38,44,46,49-51,54-56H,3-28,30,32-35,37,39-43,45,47-48H2,1-2H3,(H,53,57)/b31-29-,38-36+,46-44+. The number of amides is 1. The SMILES string of the molecule is CCCCCCCCCCC/C=C\CCCCCCCC(O)CC(=O)NC(CO)C(O)/C=C/CC/C=C/CCCCCCCCCCCCCCCCCCCC. The first-order chi connectivity index (χ1) is 28.0. The molecule has 0 saturated heterocycles. The summed E-state index contributed by atoms with van der Waals surface area (Å²) in [7, 11) is 0. The van der Waals surface area contributed by atoms with E-state index in [0.29, 0.717) is 6.42 Å². The van der Waals surface area contributed by atoms with Crippen molar-refractivity contribution in [2.75, 3.05) is 6.61 Å². The Kier molecular flexibility index (Phi) is 46.1. The Morgan fingerprint density at radius 1 is 0.439 bits per heavy atom. The molecule has 4 N–H and O–H groups in total. The third-order valence-electron chi connectivity index (χ3n) is 11.6. The molecular weight excluding hydrogens is 703 g/mol. The highest BCUT2D eigenvalue weighted by atomic mass is 16.3. The van der Waals surface area contributed by atoms with Crippen molar-refractivity contribution < 1.29 is 20.1 Å². The van der Waals surface area contributed by atoms with Crippen molar-refractivity contribution in [3.63, 3.8) is 0 Å². The van der Waals surface area contributed by atoms with E-state index in [0.717, 1.165) is 44.9 Å². The Morgan fingerprint density at radius 3 is 1.12 bits per heavy atom. The summed E-state index contributed by atoms with van der Waals surface area (Å²) in [5, 5.41) is 33.3. The summed E-state index contributed by atoms with van der Waals surface area (Å²) >= 11 is 0. The van der Waals surface area contributed by atoms with Gasteiger partial charge in [-0.3, -0.25) is 4.79 Å². The first kappa shape index (κ1) is 55.6. The Balaban J connectivity index is 3.66. The minimum atomic E-state index is -0.954. The van der Waals surface area contributed by atoms with Crippen molar-refractivity contribution >= 4 is 5.91 Å². The second-order valence-corrected chi connectivity index (χ2v) is 17.4. The second kappa shape index (κ2) is 47.3. The van der Waals surface area contributed by atoms with Crippen LogP contribution in [0.3, 0.4) is 0 Å². The molecule has 336 valence electrons. The molecular formula is C52H99NO4. The third-order valence-corrected chi connectivity index (χ3v) is 11.6. The normalized spacial score (nSPS) is 13.7. The van der Waals surface area contributed by atoms with E-state index in [4.69, 9.17) is 0 Å². The summed E-state index contributed by atoms with van der Waals surface area (Å²) in [4.78, 5) is 12.5. The van der Waals surface area contributed by atoms with Crippen LogP contribution >= 0.6 is 0 Å². The van der Waals surface area contributed by atoms with Gasteiger partial charge in [-0.1, -0.05) is 237 Å². The monoisotopic (exact) mass is 802 g/mol. The molecule has 5 heteroatoms. The average Bonchev–Trinajstić information content (AvgIpc) is 3.20. The summed E-state index contributed by atoms with van der Waals surface area (Å²) < 4.78 is 0. The summed E-state index contributed by atoms with van der Waals surface area (Å²) in [6, 6.07) is -0.764. The molecule has 0 aromatic rings. The smallest absolute Gasteiger partial charge is 0.222 e. The van der Waals surface area contributed by atoms with Crippen LogP contribution < -0.4 is 5.32 Å². The molecule has 0 aromatic heterocycles. The Bertz CT molecular complexity index is 885. The topological polar surface area (TPSA) is 89.8 Å². The molecule has 3 unspecified atom stereocenters. The highest BCUT2D eigenvalue weighted by molar-refractivity contribution is 5.76. The number of allylic oxidation sites excluding steroid dienone is 5. The molecule has 0 radical (unpaired) electrons. The van der Waals surface area contributed by atoms with Gasteiger partial charge >= 0.3 is 0 Å². The summed E-state index contributed by atoms with van der Waals surface area (Å²) in [5.41, 5.74) is 0. The number of unbranched alkanes of at least 4 members (excludes halogenated alkanes) is 33. The number of rotatable bonds is 46. The molecule has 3 atom stereocenters. The number of hydrogen-bond acceptors (Lipinski definition) is 4. The molecule has 0 spiro atoms. The van der Waals surface area contributed by atoms with E-state index < -0.39 is 18.2 Å². The minimum absolute atomic E-state index is 0.000950. The number of hydrogen-bond donors (Lipinski definition) is 4. The van der Waals surface area contributed by atoms with Crippen molar-refractivity contribution in [2.45, 2.75) is 283 Å². The molecule has 0 rings (SSSR count). The van der Waals surface area contributed by atoms with E-state index in [2.05, 4.69) is 43.5 Å². The van der Waals surface area contributed by atoms with Gasteiger partial charge in [0.25, 0.3) is 0 Å². The maximum atomic E-state index is 12.5. The van der Waals surface area contributed by atoms with Gasteiger partial charge in [0, 0.05) is 0 Å².